The van der Waals surface area contributed by atoms with E-state index in [2.05, 4.69) is 12.1 Å². The van der Waals surface area contributed by atoms with Gasteiger partial charge in [-0.15, -0.1) is 0 Å². The van der Waals surface area contributed by atoms with Crippen molar-refractivity contribution >= 4 is 0 Å². The minimum atomic E-state index is 0.699. The highest BCUT2D eigenvalue weighted by molar-refractivity contribution is 4.80. The molecular weight excluding hydrogens is 166 g/mol. The molecule has 0 saturated carbocycles. The SMILES string of the molecule is C=C(CCCCCCCNO)OC. The monoisotopic (exact) mass is 187 g/mol. The number of hydrogen-bond donors (Lipinski definition) is 2. The Morgan fingerprint density at radius 3 is 2.46 bits per heavy atom. The largest absolute Gasteiger partial charge is 0.502 e. The highest BCUT2D eigenvalue weighted by Gasteiger charge is 1.93. The first-order valence-corrected chi connectivity index (χ1v) is 4.90. The second-order valence-electron chi connectivity index (χ2n) is 3.17. The van der Waals surface area contributed by atoms with E-state index in [9.17, 15) is 0 Å². The van der Waals surface area contributed by atoms with Gasteiger partial charge in [-0.3, -0.25) is 0 Å². The van der Waals surface area contributed by atoms with Gasteiger partial charge in [0.2, 0.25) is 0 Å². The maximum absolute atomic E-state index is 8.30. The molecule has 0 amide bonds. The van der Waals surface area contributed by atoms with Crippen molar-refractivity contribution in [2.75, 3.05) is 13.7 Å². The van der Waals surface area contributed by atoms with Crippen LogP contribution < -0.4 is 5.48 Å². The molecule has 0 unspecified atom stereocenters. The van der Waals surface area contributed by atoms with Crippen molar-refractivity contribution in [3.8, 4) is 0 Å². The van der Waals surface area contributed by atoms with E-state index < -0.39 is 0 Å². The molecule has 0 aliphatic rings. The first-order valence-electron chi connectivity index (χ1n) is 4.90. The molecular formula is C10H21NO2. The van der Waals surface area contributed by atoms with Crippen LogP contribution in [0.4, 0.5) is 0 Å². The zero-order valence-electron chi connectivity index (χ0n) is 8.51. The zero-order chi connectivity index (χ0) is 9.94. The van der Waals surface area contributed by atoms with E-state index in [0.717, 1.165) is 25.0 Å². The van der Waals surface area contributed by atoms with Crippen LogP contribution in [-0.4, -0.2) is 18.9 Å². The number of methoxy groups -OCH3 is 1. The topological polar surface area (TPSA) is 41.5 Å². The third kappa shape index (κ3) is 9.37. The molecule has 0 heterocycles. The summed E-state index contributed by atoms with van der Waals surface area (Å²) in [5, 5.41) is 8.30. The van der Waals surface area contributed by atoms with Crippen molar-refractivity contribution in [3.05, 3.63) is 12.3 Å². The van der Waals surface area contributed by atoms with Gasteiger partial charge in [0.25, 0.3) is 0 Å². The van der Waals surface area contributed by atoms with Crippen LogP contribution in [0.2, 0.25) is 0 Å². The van der Waals surface area contributed by atoms with E-state index in [0.29, 0.717) is 6.54 Å². The lowest BCUT2D eigenvalue weighted by Gasteiger charge is -2.03. The van der Waals surface area contributed by atoms with Crippen LogP contribution >= 0.6 is 0 Å². The summed E-state index contributed by atoms with van der Waals surface area (Å²) in [5.74, 6) is 0.872. The Morgan fingerprint density at radius 1 is 1.23 bits per heavy atom. The molecule has 0 saturated heterocycles. The van der Waals surface area contributed by atoms with Crippen molar-refractivity contribution in [1.29, 1.82) is 0 Å². The second kappa shape index (κ2) is 9.55. The first kappa shape index (κ1) is 12.5. The molecule has 0 radical (unpaired) electrons. The fraction of sp³-hybridized carbons (Fsp3) is 0.800. The molecule has 0 aromatic heterocycles. The Bertz CT molecular complexity index is 126. The van der Waals surface area contributed by atoms with Crippen molar-refractivity contribution in [3.63, 3.8) is 0 Å². The van der Waals surface area contributed by atoms with Gasteiger partial charge in [0.1, 0.15) is 0 Å². The van der Waals surface area contributed by atoms with E-state index in [1.807, 2.05) is 0 Å². The second-order valence-corrected chi connectivity index (χ2v) is 3.17. The molecule has 0 aliphatic heterocycles. The Balaban J connectivity index is 2.95. The molecule has 0 bridgehead atoms. The molecule has 0 spiro atoms. The van der Waals surface area contributed by atoms with Gasteiger partial charge in [-0.1, -0.05) is 25.8 Å². The third-order valence-electron chi connectivity index (χ3n) is 2.03. The summed E-state index contributed by atoms with van der Waals surface area (Å²) in [6.07, 6.45) is 6.77. The molecule has 78 valence electrons. The molecule has 0 aromatic carbocycles. The lowest BCUT2D eigenvalue weighted by Crippen LogP contribution is -2.07. The average Bonchev–Trinajstić information content (AvgIpc) is 2.16. The highest BCUT2D eigenvalue weighted by Crippen LogP contribution is 2.09. The highest BCUT2D eigenvalue weighted by atomic mass is 16.5. The zero-order valence-corrected chi connectivity index (χ0v) is 8.51. The minimum Gasteiger partial charge on any atom is -0.502 e. The van der Waals surface area contributed by atoms with E-state index in [4.69, 9.17) is 9.94 Å². The molecule has 0 atom stereocenters. The van der Waals surface area contributed by atoms with Crippen LogP contribution in [0.5, 0.6) is 0 Å². The number of rotatable bonds is 9. The summed E-state index contributed by atoms with van der Waals surface area (Å²) in [6.45, 7) is 4.45. The molecule has 0 fully saturated rings. The lowest BCUT2D eigenvalue weighted by molar-refractivity contribution is 0.164. The van der Waals surface area contributed by atoms with Crippen LogP contribution in [0.1, 0.15) is 38.5 Å². The van der Waals surface area contributed by atoms with Crippen LogP contribution in [0.3, 0.4) is 0 Å². The summed E-state index contributed by atoms with van der Waals surface area (Å²) in [7, 11) is 1.66. The van der Waals surface area contributed by atoms with Gasteiger partial charge in [-0.2, -0.15) is 0 Å². The van der Waals surface area contributed by atoms with Crippen molar-refractivity contribution in [1.82, 2.24) is 5.48 Å². The molecule has 2 N–H and O–H groups in total. The van der Waals surface area contributed by atoms with Crippen molar-refractivity contribution < 1.29 is 9.94 Å². The van der Waals surface area contributed by atoms with Crippen LogP contribution in [0, 0.1) is 0 Å². The molecule has 0 rings (SSSR count). The van der Waals surface area contributed by atoms with Crippen LogP contribution in [-0.2, 0) is 4.74 Å². The number of allylic oxidation sites excluding steroid dienone is 1. The fourth-order valence-corrected chi connectivity index (χ4v) is 1.16. The number of nitrogens with one attached hydrogen (secondary N) is 1. The molecule has 3 nitrogen and oxygen atoms in total. The first-order chi connectivity index (χ1) is 6.31. The maximum Gasteiger partial charge on any atom is 0.0883 e. The maximum atomic E-state index is 8.30. The van der Waals surface area contributed by atoms with Gasteiger partial charge < -0.3 is 9.94 Å². The van der Waals surface area contributed by atoms with Crippen molar-refractivity contribution in [2.24, 2.45) is 0 Å². The van der Waals surface area contributed by atoms with Gasteiger partial charge >= 0.3 is 0 Å². The number of unbranched alkanes of at least 4 members (excludes halogenated alkanes) is 4. The third-order valence-corrected chi connectivity index (χ3v) is 2.03. The Morgan fingerprint density at radius 2 is 1.85 bits per heavy atom. The number of hydroxylamine groups is 1. The van der Waals surface area contributed by atoms with Crippen LogP contribution in [0.25, 0.3) is 0 Å². The van der Waals surface area contributed by atoms with Gasteiger partial charge in [0.05, 0.1) is 12.9 Å². The number of ether oxygens (including phenoxy) is 1. The summed E-state index contributed by atoms with van der Waals surface area (Å²) in [5.41, 5.74) is 2.15. The summed E-state index contributed by atoms with van der Waals surface area (Å²) in [4.78, 5) is 0. The predicted octanol–water partition coefficient (Wildman–Crippen LogP) is 2.47. The Kier molecular flexibility index (Phi) is 9.15. The van der Waals surface area contributed by atoms with E-state index in [1.54, 1.807) is 7.11 Å². The standard InChI is InChI=1S/C10H21NO2/c1-10(13-2)8-6-4-3-5-7-9-11-12/h11-12H,1,3-9H2,2H3. The van der Waals surface area contributed by atoms with Crippen molar-refractivity contribution in [2.45, 2.75) is 38.5 Å². The molecule has 0 aliphatic carbocycles. The normalized spacial score (nSPS) is 10.0. The Labute approximate surface area is 80.7 Å². The lowest BCUT2D eigenvalue weighted by atomic mass is 10.1. The summed E-state index contributed by atoms with van der Waals surface area (Å²) >= 11 is 0. The number of hydrogen-bond acceptors (Lipinski definition) is 3. The predicted molar refractivity (Wildman–Crippen MR) is 53.6 cm³/mol. The van der Waals surface area contributed by atoms with E-state index in [1.165, 1.54) is 19.3 Å². The minimum absolute atomic E-state index is 0.699. The van der Waals surface area contributed by atoms with Crippen LogP contribution in [0.15, 0.2) is 12.3 Å². The molecule has 0 aromatic rings. The summed E-state index contributed by atoms with van der Waals surface area (Å²) < 4.78 is 4.96. The van der Waals surface area contributed by atoms with Gasteiger partial charge in [0.15, 0.2) is 0 Å². The van der Waals surface area contributed by atoms with Gasteiger partial charge in [-0.05, 0) is 12.8 Å². The van der Waals surface area contributed by atoms with Gasteiger partial charge in [0, 0.05) is 13.0 Å². The van der Waals surface area contributed by atoms with E-state index >= 15 is 0 Å². The van der Waals surface area contributed by atoms with Gasteiger partial charge in [-0.25, -0.2) is 5.48 Å². The average molecular weight is 187 g/mol. The molecule has 3 heteroatoms. The Hall–Kier alpha value is -0.540. The smallest absolute Gasteiger partial charge is 0.0883 e. The quantitative estimate of drug-likeness (QED) is 0.331. The fourth-order valence-electron chi connectivity index (χ4n) is 1.16. The summed E-state index contributed by atoms with van der Waals surface area (Å²) in [6, 6.07) is 0. The van der Waals surface area contributed by atoms with E-state index in [-0.39, 0.29) is 0 Å². The molecule has 13 heavy (non-hydrogen) atoms.